The Balaban J connectivity index is 1.71. The summed E-state index contributed by atoms with van der Waals surface area (Å²) in [5, 5.41) is 2.73. The summed E-state index contributed by atoms with van der Waals surface area (Å²) < 4.78 is 15.8. The number of carbonyl (C=O) groups is 2. The van der Waals surface area contributed by atoms with E-state index < -0.39 is 5.97 Å². The van der Waals surface area contributed by atoms with Gasteiger partial charge < -0.3 is 19.5 Å². The molecule has 29 heavy (non-hydrogen) atoms. The number of nitrogens with one attached hydrogen (secondary N) is 1. The quantitative estimate of drug-likeness (QED) is 0.620. The number of methoxy groups -OCH3 is 1. The summed E-state index contributed by atoms with van der Waals surface area (Å²) in [5.41, 5.74) is 3.07. The van der Waals surface area contributed by atoms with Gasteiger partial charge in [-0.05, 0) is 48.1 Å². The molecule has 0 heterocycles. The first-order chi connectivity index (χ1) is 13.9. The summed E-state index contributed by atoms with van der Waals surface area (Å²) in [4.78, 5) is 23.8. The molecule has 0 spiro atoms. The predicted octanol–water partition coefficient (Wildman–Crippen LogP) is 3.41. The van der Waals surface area contributed by atoms with E-state index >= 15 is 0 Å². The van der Waals surface area contributed by atoms with Crippen molar-refractivity contribution < 1.29 is 23.8 Å². The molecule has 1 N–H and O–H groups in total. The van der Waals surface area contributed by atoms with Crippen LogP contribution in [0.25, 0.3) is 0 Å². The van der Waals surface area contributed by atoms with Gasteiger partial charge >= 0.3 is 5.97 Å². The Bertz CT molecular complexity index is 832. The molecule has 0 aliphatic rings. The van der Waals surface area contributed by atoms with Crippen LogP contribution in [0.3, 0.4) is 0 Å². The largest absolute Gasteiger partial charge is 0.496 e. The fraction of sp³-hybridized carbons (Fsp3) is 0.391. The fourth-order valence-electron chi connectivity index (χ4n) is 2.75. The van der Waals surface area contributed by atoms with E-state index in [9.17, 15) is 9.59 Å². The Labute approximate surface area is 172 Å². The van der Waals surface area contributed by atoms with E-state index in [4.69, 9.17) is 14.2 Å². The molecule has 0 radical (unpaired) electrons. The van der Waals surface area contributed by atoms with Gasteiger partial charge in [-0.25, -0.2) is 4.79 Å². The van der Waals surface area contributed by atoms with Crippen molar-refractivity contribution in [3.63, 3.8) is 0 Å². The third kappa shape index (κ3) is 7.14. The molecule has 0 saturated carbocycles. The Kier molecular flexibility index (Phi) is 8.52. The molecule has 2 aromatic carbocycles. The number of amides is 1. The van der Waals surface area contributed by atoms with Gasteiger partial charge in [0.25, 0.3) is 5.91 Å². The summed E-state index contributed by atoms with van der Waals surface area (Å²) in [7, 11) is 1.61. The zero-order chi connectivity index (χ0) is 21.2. The summed E-state index contributed by atoms with van der Waals surface area (Å²) in [6, 6.07) is 13.6. The van der Waals surface area contributed by atoms with Crippen molar-refractivity contribution in [1.82, 2.24) is 5.32 Å². The van der Waals surface area contributed by atoms with E-state index in [2.05, 4.69) is 19.2 Å². The fourth-order valence-corrected chi connectivity index (χ4v) is 2.75. The van der Waals surface area contributed by atoms with Gasteiger partial charge in [-0.15, -0.1) is 0 Å². The molecule has 0 fully saturated rings. The second-order valence-corrected chi connectivity index (χ2v) is 7.04. The van der Waals surface area contributed by atoms with E-state index in [1.54, 1.807) is 7.11 Å². The maximum absolute atomic E-state index is 11.9. The summed E-state index contributed by atoms with van der Waals surface area (Å²) >= 11 is 0. The van der Waals surface area contributed by atoms with Crippen molar-refractivity contribution in [2.45, 2.75) is 33.1 Å². The van der Waals surface area contributed by atoms with Gasteiger partial charge in [0, 0.05) is 6.54 Å². The van der Waals surface area contributed by atoms with E-state index in [0.717, 1.165) is 22.4 Å². The summed E-state index contributed by atoms with van der Waals surface area (Å²) in [5.74, 6) is 0.853. The maximum Gasteiger partial charge on any atom is 0.344 e. The Hall–Kier alpha value is -3.02. The van der Waals surface area contributed by atoms with E-state index in [0.29, 0.717) is 24.6 Å². The van der Waals surface area contributed by atoms with E-state index in [1.807, 2.05) is 49.4 Å². The zero-order valence-electron chi connectivity index (χ0n) is 17.5. The van der Waals surface area contributed by atoms with Crippen molar-refractivity contribution in [3.05, 3.63) is 59.2 Å². The van der Waals surface area contributed by atoms with Crippen LogP contribution < -0.4 is 14.8 Å². The van der Waals surface area contributed by atoms with Crippen molar-refractivity contribution in [2.24, 2.45) is 0 Å². The van der Waals surface area contributed by atoms with Crippen LogP contribution in [-0.4, -0.2) is 38.7 Å². The van der Waals surface area contributed by atoms with Crippen LogP contribution in [0.4, 0.5) is 0 Å². The average Bonchev–Trinajstić information content (AvgIpc) is 2.71. The lowest BCUT2D eigenvalue weighted by atomic mass is 10.0. The normalized spacial score (nSPS) is 10.5. The van der Waals surface area contributed by atoms with Crippen LogP contribution in [0.5, 0.6) is 11.5 Å². The van der Waals surface area contributed by atoms with Crippen molar-refractivity contribution in [1.29, 1.82) is 0 Å². The van der Waals surface area contributed by atoms with Crippen LogP contribution in [0.1, 0.15) is 36.5 Å². The number of hydrogen-bond donors (Lipinski definition) is 1. The molecule has 0 aliphatic carbocycles. The van der Waals surface area contributed by atoms with Crippen molar-refractivity contribution >= 4 is 11.9 Å². The molecule has 0 unspecified atom stereocenters. The molecule has 6 nitrogen and oxygen atoms in total. The highest BCUT2D eigenvalue weighted by Crippen LogP contribution is 2.24. The van der Waals surface area contributed by atoms with Crippen LogP contribution in [0.15, 0.2) is 42.5 Å². The number of carbonyl (C=O) groups excluding carboxylic acids is 2. The van der Waals surface area contributed by atoms with Gasteiger partial charge in [-0.2, -0.15) is 0 Å². The minimum Gasteiger partial charge on any atom is -0.496 e. The van der Waals surface area contributed by atoms with Crippen molar-refractivity contribution in [3.8, 4) is 11.5 Å². The van der Waals surface area contributed by atoms with Gasteiger partial charge in [-0.3, -0.25) is 4.79 Å². The predicted molar refractivity (Wildman–Crippen MR) is 111 cm³/mol. The molecule has 2 aromatic rings. The minimum absolute atomic E-state index is 0.239. The van der Waals surface area contributed by atoms with Crippen LogP contribution in [0.2, 0.25) is 0 Å². The van der Waals surface area contributed by atoms with Gasteiger partial charge in [0.1, 0.15) is 11.5 Å². The standard InChI is InChI=1S/C23H29NO5/c1-16(2)19-10-9-17(3)21(13-19)28-15-23(26)29-14-22(25)24-12-11-18-7-5-6-8-20(18)27-4/h5-10,13,16H,11-12,14-15H2,1-4H3,(H,24,25). The maximum atomic E-state index is 11.9. The summed E-state index contributed by atoms with van der Waals surface area (Å²) in [6.45, 7) is 5.95. The lowest BCUT2D eigenvalue weighted by Gasteiger charge is -2.12. The second-order valence-electron chi connectivity index (χ2n) is 7.04. The third-order valence-electron chi connectivity index (χ3n) is 4.50. The number of para-hydroxylation sites is 1. The zero-order valence-corrected chi connectivity index (χ0v) is 17.5. The number of rotatable bonds is 10. The van der Waals surface area contributed by atoms with Gasteiger partial charge in [0.15, 0.2) is 13.2 Å². The SMILES string of the molecule is COc1ccccc1CCNC(=O)COC(=O)COc1cc(C(C)C)ccc1C. The number of aryl methyl sites for hydroxylation is 1. The molecule has 0 saturated heterocycles. The Morgan fingerprint density at radius 1 is 1.03 bits per heavy atom. The first-order valence-corrected chi connectivity index (χ1v) is 9.68. The molecule has 0 aliphatic heterocycles. The van der Waals surface area contributed by atoms with Crippen LogP contribution >= 0.6 is 0 Å². The third-order valence-corrected chi connectivity index (χ3v) is 4.50. The number of ether oxygens (including phenoxy) is 3. The molecule has 0 atom stereocenters. The summed E-state index contributed by atoms with van der Waals surface area (Å²) in [6.07, 6.45) is 0.623. The lowest BCUT2D eigenvalue weighted by Crippen LogP contribution is -2.31. The van der Waals surface area contributed by atoms with Crippen LogP contribution in [-0.2, 0) is 20.7 Å². The minimum atomic E-state index is -0.584. The van der Waals surface area contributed by atoms with E-state index in [-0.39, 0.29) is 19.1 Å². The van der Waals surface area contributed by atoms with E-state index in [1.165, 1.54) is 0 Å². The van der Waals surface area contributed by atoms with Gasteiger partial charge in [0.2, 0.25) is 0 Å². The second kappa shape index (κ2) is 11.1. The number of hydrogen-bond acceptors (Lipinski definition) is 5. The number of benzene rings is 2. The average molecular weight is 399 g/mol. The van der Waals surface area contributed by atoms with Gasteiger partial charge in [0.05, 0.1) is 7.11 Å². The molecule has 6 heteroatoms. The molecule has 2 rings (SSSR count). The van der Waals surface area contributed by atoms with Gasteiger partial charge in [-0.1, -0.05) is 44.2 Å². The number of esters is 1. The molecular formula is C23H29NO5. The molecule has 0 bridgehead atoms. The monoisotopic (exact) mass is 399 g/mol. The Morgan fingerprint density at radius 3 is 2.52 bits per heavy atom. The highest BCUT2D eigenvalue weighted by Gasteiger charge is 2.11. The molecule has 0 aromatic heterocycles. The lowest BCUT2D eigenvalue weighted by molar-refractivity contribution is -0.150. The first-order valence-electron chi connectivity index (χ1n) is 9.68. The smallest absolute Gasteiger partial charge is 0.344 e. The molecular weight excluding hydrogens is 370 g/mol. The van der Waals surface area contributed by atoms with Crippen molar-refractivity contribution in [2.75, 3.05) is 26.9 Å². The Morgan fingerprint density at radius 2 is 1.79 bits per heavy atom. The highest BCUT2D eigenvalue weighted by molar-refractivity contribution is 5.80. The highest BCUT2D eigenvalue weighted by atomic mass is 16.6. The first kappa shape index (κ1) is 22.3. The molecule has 1 amide bonds. The molecule has 156 valence electrons. The topological polar surface area (TPSA) is 73.9 Å². The van der Waals surface area contributed by atoms with Crippen LogP contribution in [0, 0.1) is 6.92 Å².